The zero-order valence-corrected chi connectivity index (χ0v) is 21.1. The number of carbonyl (C=O) groups excluding carboxylic acids is 3. The second-order valence-electron chi connectivity index (χ2n) is 8.50. The molecule has 0 bridgehead atoms. The Morgan fingerprint density at radius 2 is 1.81 bits per heavy atom. The van der Waals surface area contributed by atoms with E-state index in [1.165, 1.54) is 4.90 Å². The van der Waals surface area contributed by atoms with Crippen LogP contribution in [0.5, 0.6) is 5.75 Å². The molecule has 2 aromatic rings. The average molecular weight is 495 g/mol. The first-order valence-electron chi connectivity index (χ1n) is 12.1. The fourth-order valence-corrected chi connectivity index (χ4v) is 4.14. The van der Waals surface area contributed by atoms with Crippen LogP contribution in [0.1, 0.15) is 43.7 Å². The largest absolute Gasteiger partial charge is 0.489 e. The Labute approximate surface area is 212 Å². The van der Waals surface area contributed by atoms with Crippen molar-refractivity contribution in [2.45, 2.75) is 39.2 Å². The van der Waals surface area contributed by atoms with E-state index >= 15 is 0 Å². The molecule has 3 rings (SSSR count). The minimum absolute atomic E-state index is 0.0622. The third kappa shape index (κ3) is 7.18. The molecule has 1 heterocycles. The smallest absolute Gasteiger partial charge is 0.336 e. The van der Waals surface area contributed by atoms with E-state index in [1.807, 2.05) is 54.6 Å². The number of hydrogen-bond donors (Lipinski definition) is 1. The van der Waals surface area contributed by atoms with E-state index in [0.717, 1.165) is 11.1 Å². The quantitative estimate of drug-likeness (QED) is 0.358. The number of amides is 2. The zero-order chi connectivity index (χ0) is 25.9. The molecular weight excluding hydrogens is 460 g/mol. The van der Waals surface area contributed by atoms with Crippen molar-refractivity contribution in [3.05, 3.63) is 77.0 Å². The number of methoxy groups -OCH3 is 1. The van der Waals surface area contributed by atoms with Crippen molar-refractivity contribution >= 4 is 17.8 Å². The first-order chi connectivity index (χ1) is 17.4. The number of hydrogen-bond acceptors (Lipinski definition) is 6. The molecule has 36 heavy (non-hydrogen) atoms. The van der Waals surface area contributed by atoms with Gasteiger partial charge in [0.05, 0.1) is 12.2 Å². The SMILES string of the molecule is CCOC(=O)C1=C(C)N(CC(=O)NCCCOC)C(=O)CC1c1ccc(OCc2ccccc2)cc1. The summed E-state index contributed by atoms with van der Waals surface area (Å²) in [6.45, 7) is 4.91. The maximum absolute atomic E-state index is 13.1. The molecule has 2 amide bonds. The molecule has 8 heteroatoms. The van der Waals surface area contributed by atoms with Crippen molar-refractivity contribution in [3.63, 3.8) is 0 Å². The van der Waals surface area contributed by atoms with Gasteiger partial charge in [0.1, 0.15) is 18.9 Å². The summed E-state index contributed by atoms with van der Waals surface area (Å²) in [6, 6.07) is 17.3. The maximum Gasteiger partial charge on any atom is 0.336 e. The molecule has 0 aliphatic carbocycles. The summed E-state index contributed by atoms with van der Waals surface area (Å²) in [4.78, 5) is 39.8. The Balaban J connectivity index is 1.77. The van der Waals surface area contributed by atoms with Gasteiger partial charge in [-0.25, -0.2) is 4.79 Å². The van der Waals surface area contributed by atoms with Gasteiger partial charge in [-0.15, -0.1) is 0 Å². The molecule has 1 aliphatic heterocycles. The van der Waals surface area contributed by atoms with Gasteiger partial charge in [-0.05, 0) is 43.5 Å². The number of rotatable bonds is 12. The second-order valence-corrected chi connectivity index (χ2v) is 8.50. The van der Waals surface area contributed by atoms with Crippen molar-refractivity contribution in [1.82, 2.24) is 10.2 Å². The highest BCUT2D eigenvalue weighted by atomic mass is 16.5. The minimum atomic E-state index is -0.484. The summed E-state index contributed by atoms with van der Waals surface area (Å²) in [5.41, 5.74) is 2.69. The molecule has 0 saturated heterocycles. The van der Waals surface area contributed by atoms with Gasteiger partial charge in [0.15, 0.2) is 0 Å². The first-order valence-corrected chi connectivity index (χ1v) is 12.1. The van der Waals surface area contributed by atoms with Crippen LogP contribution < -0.4 is 10.1 Å². The summed E-state index contributed by atoms with van der Waals surface area (Å²) in [6.07, 6.45) is 0.735. The van der Waals surface area contributed by atoms with E-state index in [1.54, 1.807) is 21.0 Å². The molecule has 0 aromatic heterocycles. The molecule has 0 spiro atoms. The highest BCUT2D eigenvalue weighted by molar-refractivity contribution is 5.97. The molecule has 192 valence electrons. The van der Waals surface area contributed by atoms with Crippen LogP contribution in [0.25, 0.3) is 0 Å². The number of ether oxygens (including phenoxy) is 3. The summed E-state index contributed by atoms with van der Waals surface area (Å²) in [5, 5.41) is 2.78. The van der Waals surface area contributed by atoms with Gasteiger partial charge in [0.2, 0.25) is 11.8 Å². The van der Waals surface area contributed by atoms with E-state index in [0.29, 0.717) is 43.2 Å². The van der Waals surface area contributed by atoms with Crippen LogP contribution in [-0.4, -0.2) is 56.1 Å². The fraction of sp³-hybridized carbons (Fsp3) is 0.393. The number of benzene rings is 2. The lowest BCUT2D eigenvalue weighted by Gasteiger charge is -2.34. The van der Waals surface area contributed by atoms with Crippen molar-refractivity contribution in [2.24, 2.45) is 0 Å². The Bertz CT molecular complexity index is 1070. The minimum Gasteiger partial charge on any atom is -0.489 e. The van der Waals surface area contributed by atoms with Gasteiger partial charge in [0, 0.05) is 38.3 Å². The summed E-state index contributed by atoms with van der Waals surface area (Å²) >= 11 is 0. The van der Waals surface area contributed by atoms with Crippen LogP contribution >= 0.6 is 0 Å². The van der Waals surface area contributed by atoms with Crippen molar-refractivity contribution in [3.8, 4) is 5.75 Å². The highest BCUT2D eigenvalue weighted by Gasteiger charge is 2.37. The maximum atomic E-state index is 13.1. The predicted octanol–water partition coefficient (Wildman–Crippen LogP) is 3.57. The molecule has 1 unspecified atom stereocenters. The Kier molecular flexibility index (Phi) is 10.1. The summed E-state index contributed by atoms with van der Waals surface area (Å²) < 4.78 is 16.2. The lowest BCUT2D eigenvalue weighted by molar-refractivity contribution is -0.141. The molecule has 0 fully saturated rings. The van der Waals surface area contributed by atoms with Gasteiger partial charge < -0.3 is 24.4 Å². The molecule has 2 aromatic carbocycles. The van der Waals surface area contributed by atoms with Gasteiger partial charge in [-0.1, -0.05) is 42.5 Å². The molecule has 1 atom stereocenters. The van der Waals surface area contributed by atoms with E-state index in [2.05, 4.69) is 5.32 Å². The number of nitrogens with one attached hydrogen (secondary N) is 1. The summed E-state index contributed by atoms with van der Waals surface area (Å²) in [5.74, 6) is -0.777. The molecule has 0 radical (unpaired) electrons. The molecule has 1 N–H and O–H groups in total. The monoisotopic (exact) mass is 494 g/mol. The van der Waals surface area contributed by atoms with E-state index in [4.69, 9.17) is 14.2 Å². The standard InChI is InChI=1S/C28H34N2O6/c1-4-35-28(33)27-20(2)30(18-25(31)29-15-8-16-34-3)26(32)17-24(27)22-11-13-23(14-12-22)36-19-21-9-6-5-7-10-21/h5-7,9-14,24H,4,8,15-19H2,1-3H3,(H,29,31). The number of esters is 1. The number of nitrogens with zero attached hydrogens (tertiary/aromatic N) is 1. The third-order valence-corrected chi connectivity index (χ3v) is 6.00. The number of allylic oxidation sites excluding steroid dienone is 1. The molecule has 8 nitrogen and oxygen atoms in total. The topological polar surface area (TPSA) is 94.2 Å². The molecule has 1 aliphatic rings. The normalized spacial score (nSPS) is 15.6. The lowest BCUT2D eigenvalue weighted by atomic mass is 9.83. The number of carbonyl (C=O) groups is 3. The van der Waals surface area contributed by atoms with Crippen molar-refractivity contribution in [2.75, 3.05) is 33.4 Å². The average Bonchev–Trinajstić information content (AvgIpc) is 2.88. The van der Waals surface area contributed by atoms with Crippen LogP contribution in [0, 0.1) is 0 Å². The van der Waals surface area contributed by atoms with E-state index in [-0.39, 0.29) is 31.4 Å². The highest BCUT2D eigenvalue weighted by Crippen LogP contribution is 2.37. The lowest BCUT2D eigenvalue weighted by Crippen LogP contribution is -2.44. The van der Waals surface area contributed by atoms with E-state index in [9.17, 15) is 14.4 Å². The first kappa shape index (κ1) is 26.9. The van der Waals surface area contributed by atoms with Crippen molar-refractivity contribution < 1.29 is 28.6 Å². The van der Waals surface area contributed by atoms with Crippen LogP contribution in [0.4, 0.5) is 0 Å². The van der Waals surface area contributed by atoms with Gasteiger partial charge in [-0.3, -0.25) is 9.59 Å². The van der Waals surface area contributed by atoms with Gasteiger partial charge >= 0.3 is 5.97 Å². The zero-order valence-electron chi connectivity index (χ0n) is 21.1. The third-order valence-electron chi connectivity index (χ3n) is 6.00. The molecular formula is C28H34N2O6. The van der Waals surface area contributed by atoms with Crippen LogP contribution in [-0.2, 0) is 30.5 Å². The Morgan fingerprint density at radius 1 is 1.08 bits per heavy atom. The summed E-state index contributed by atoms with van der Waals surface area (Å²) in [7, 11) is 1.60. The second kappa shape index (κ2) is 13.4. The van der Waals surface area contributed by atoms with Gasteiger partial charge in [-0.2, -0.15) is 0 Å². The predicted molar refractivity (Wildman–Crippen MR) is 135 cm³/mol. The van der Waals surface area contributed by atoms with Crippen LogP contribution in [0.2, 0.25) is 0 Å². The van der Waals surface area contributed by atoms with Crippen LogP contribution in [0.3, 0.4) is 0 Å². The Morgan fingerprint density at radius 3 is 2.47 bits per heavy atom. The van der Waals surface area contributed by atoms with Crippen molar-refractivity contribution in [1.29, 1.82) is 0 Å². The fourth-order valence-electron chi connectivity index (χ4n) is 4.14. The van der Waals surface area contributed by atoms with Gasteiger partial charge in [0.25, 0.3) is 0 Å². The van der Waals surface area contributed by atoms with Crippen LogP contribution in [0.15, 0.2) is 65.9 Å². The molecule has 0 saturated carbocycles. The Hall–Kier alpha value is -3.65. The van der Waals surface area contributed by atoms with E-state index < -0.39 is 11.9 Å².